The van der Waals surface area contributed by atoms with Crippen LogP contribution >= 0.6 is 45.2 Å². The Morgan fingerprint density at radius 3 is 2.28 bits per heavy atom. The first-order valence-electron chi connectivity index (χ1n) is 8.69. The van der Waals surface area contributed by atoms with Crippen LogP contribution in [0.15, 0.2) is 24.3 Å². The van der Waals surface area contributed by atoms with Gasteiger partial charge in [0.25, 0.3) is 0 Å². The molecule has 0 radical (unpaired) electrons. The maximum atomic E-state index is 11.5. The first kappa shape index (κ1) is 20.5. The van der Waals surface area contributed by atoms with E-state index in [2.05, 4.69) is 50.5 Å². The Balaban J connectivity index is 1.68. The van der Waals surface area contributed by atoms with E-state index in [0.717, 1.165) is 36.1 Å². The second-order valence-corrected chi connectivity index (χ2v) is 9.19. The van der Waals surface area contributed by atoms with Crippen LogP contribution in [0.4, 0.5) is 5.69 Å². The normalized spacial score (nSPS) is 18.9. The summed E-state index contributed by atoms with van der Waals surface area (Å²) in [5.74, 6) is -5.92. The number of halogens is 2. The van der Waals surface area contributed by atoms with Crippen molar-refractivity contribution in [3.63, 3.8) is 0 Å². The number of aliphatic carboxylic acids is 2. The number of hydrogen-bond donors (Lipinski definition) is 4. The number of fused-ring (bicyclic) bond motifs is 2. The van der Waals surface area contributed by atoms with E-state index >= 15 is 0 Å². The van der Waals surface area contributed by atoms with E-state index in [9.17, 15) is 19.8 Å². The Morgan fingerprint density at radius 2 is 1.69 bits per heavy atom. The summed E-state index contributed by atoms with van der Waals surface area (Å²) in [5.41, 5.74) is 9.82. The number of nitrogens with two attached hydrogens (primary N) is 1. The molecule has 1 atom stereocenters. The topological polar surface area (TPSA) is 131 Å². The lowest BCUT2D eigenvalue weighted by Crippen LogP contribution is -2.54. The Bertz CT molecular complexity index is 1000. The second kappa shape index (κ2) is 7.47. The zero-order chi connectivity index (χ0) is 20.9. The molecule has 2 aromatic carbocycles. The van der Waals surface area contributed by atoms with Gasteiger partial charge in [-0.05, 0) is 106 Å². The number of ether oxygens (including phenoxy) is 2. The molecule has 10 heteroatoms. The van der Waals surface area contributed by atoms with Crippen molar-refractivity contribution in [3.8, 4) is 11.5 Å². The summed E-state index contributed by atoms with van der Waals surface area (Å²) in [6.07, 6.45) is 1.41. The third-order valence-corrected chi connectivity index (χ3v) is 6.80. The number of carbonyl (C=O) groups is 2. The molecule has 2 aliphatic rings. The van der Waals surface area contributed by atoms with Gasteiger partial charge in [0.2, 0.25) is 0 Å². The maximum absolute atomic E-state index is 11.5. The number of hydrogen-bond acceptors (Lipinski definition) is 6. The average molecular weight is 622 g/mol. The highest BCUT2D eigenvalue weighted by Crippen LogP contribution is 2.44. The maximum Gasteiger partial charge on any atom is 0.453 e. The highest BCUT2D eigenvalue weighted by atomic mass is 127. The van der Waals surface area contributed by atoms with Gasteiger partial charge in [0.15, 0.2) is 11.5 Å². The molecule has 0 spiro atoms. The molecule has 2 aliphatic heterocycles. The summed E-state index contributed by atoms with van der Waals surface area (Å²) in [4.78, 5) is 23.0. The van der Waals surface area contributed by atoms with Gasteiger partial charge < -0.3 is 30.7 Å². The summed E-state index contributed by atoms with van der Waals surface area (Å²) in [6, 6.07) is 7.42. The third kappa shape index (κ3) is 3.50. The lowest BCUT2D eigenvalue weighted by Gasteiger charge is -2.27. The lowest BCUT2D eigenvalue weighted by molar-refractivity contribution is -0.194. The largest absolute Gasteiger partial charge is 0.475 e. The van der Waals surface area contributed by atoms with Gasteiger partial charge in [0, 0.05) is 13.2 Å². The van der Waals surface area contributed by atoms with Crippen molar-refractivity contribution in [3.05, 3.63) is 48.1 Å². The van der Waals surface area contributed by atoms with E-state index in [-0.39, 0.29) is 17.5 Å². The molecule has 5 N–H and O–H groups in total. The summed E-state index contributed by atoms with van der Waals surface area (Å²) >= 11 is 4.42. The van der Waals surface area contributed by atoms with Crippen LogP contribution in [0, 0.1) is 7.14 Å². The van der Waals surface area contributed by atoms with Gasteiger partial charge in [-0.2, -0.15) is 0 Å². The Morgan fingerprint density at radius 1 is 1.10 bits per heavy atom. The van der Waals surface area contributed by atoms with Crippen LogP contribution in [0.3, 0.4) is 0 Å². The van der Waals surface area contributed by atoms with Crippen molar-refractivity contribution in [2.45, 2.75) is 24.7 Å². The predicted molar refractivity (Wildman–Crippen MR) is 120 cm³/mol. The fourth-order valence-electron chi connectivity index (χ4n) is 3.58. The first-order chi connectivity index (χ1) is 13.7. The number of anilines is 1. The van der Waals surface area contributed by atoms with Gasteiger partial charge in [-0.3, -0.25) is 0 Å². The Kier molecular flexibility index (Phi) is 5.27. The van der Waals surface area contributed by atoms with E-state index in [1.54, 1.807) is 12.1 Å². The SMILES string of the molecule is Nc1c(I)cc(CC2NCCc3cc4c(cc32)OC(C(=O)O)(C(=O)O)O4)cc1I. The van der Waals surface area contributed by atoms with Crippen molar-refractivity contribution < 1.29 is 29.3 Å². The summed E-state index contributed by atoms with van der Waals surface area (Å²) in [5, 5.41) is 22.1. The van der Waals surface area contributed by atoms with Crippen LogP contribution < -0.4 is 20.5 Å². The standard InChI is InChI=1S/C19H16I2N2O6/c20-11-3-8(4-12(21)16(11)22)5-13-10-7-15-14(6-9(10)1-2-23-13)28-19(29-15,17(24)25)18(26)27/h3-4,6-7,13,23H,1-2,5,22H2,(H,24,25)(H,26,27). The van der Waals surface area contributed by atoms with Crippen molar-refractivity contribution in [1.29, 1.82) is 0 Å². The van der Waals surface area contributed by atoms with Crippen LogP contribution in [0.2, 0.25) is 0 Å². The molecule has 2 aromatic rings. The number of carboxylic acids is 2. The minimum Gasteiger partial charge on any atom is -0.475 e. The molecule has 1 unspecified atom stereocenters. The minimum atomic E-state index is -2.75. The molecule has 0 saturated carbocycles. The highest BCUT2D eigenvalue weighted by Gasteiger charge is 2.58. The number of nitrogens with one attached hydrogen (secondary N) is 1. The monoisotopic (exact) mass is 622 g/mol. The molecular formula is C19H16I2N2O6. The highest BCUT2D eigenvalue weighted by molar-refractivity contribution is 14.1. The van der Waals surface area contributed by atoms with Crippen LogP contribution in [-0.2, 0) is 22.4 Å². The van der Waals surface area contributed by atoms with Gasteiger partial charge in [0.1, 0.15) is 0 Å². The van der Waals surface area contributed by atoms with Gasteiger partial charge in [0.05, 0.1) is 5.69 Å². The zero-order valence-electron chi connectivity index (χ0n) is 14.9. The summed E-state index contributed by atoms with van der Waals surface area (Å²) in [7, 11) is 0. The molecule has 152 valence electrons. The molecule has 0 aromatic heterocycles. The van der Waals surface area contributed by atoms with E-state index in [0.29, 0.717) is 12.8 Å². The molecule has 4 rings (SSSR count). The molecule has 29 heavy (non-hydrogen) atoms. The molecule has 0 amide bonds. The number of carboxylic acid groups (broad SMARTS) is 2. The van der Waals surface area contributed by atoms with Crippen LogP contribution in [0.25, 0.3) is 0 Å². The molecule has 0 bridgehead atoms. The number of rotatable bonds is 4. The van der Waals surface area contributed by atoms with Gasteiger partial charge in [-0.1, -0.05) is 0 Å². The fourth-order valence-corrected chi connectivity index (χ4v) is 5.48. The first-order valence-corrected chi connectivity index (χ1v) is 10.9. The molecule has 8 nitrogen and oxygen atoms in total. The van der Waals surface area contributed by atoms with E-state index in [4.69, 9.17) is 15.2 Å². The lowest BCUT2D eigenvalue weighted by atomic mass is 9.90. The zero-order valence-corrected chi connectivity index (χ0v) is 19.2. The molecule has 0 aliphatic carbocycles. The Labute approximate surface area is 193 Å². The van der Waals surface area contributed by atoms with E-state index < -0.39 is 17.7 Å². The van der Waals surface area contributed by atoms with Gasteiger partial charge in [-0.15, -0.1) is 0 Å². The third-order valence-electron chi connectivity index (χ3n) is 5.02. The van der Waals surface area contributed by atoms with Crippen molar-refractivity contribution in [2.75, 3.05) is 12.3 Å². The fraction of sp³-hybridized carbons (Fsp3) is 0.263. The van der Waals surface area contributed by atoms with Crippen molar-refractivity contribution in [1.82, 2.24) is 5.32 Å². The van der Waals surface area contributed by atoms with E-state index in [1.165, 1.54) is 0 Å². The van der Waals surface area contributed by atoms with Crippen molar-refractivity contribution >= 4 is 62.8 Å². The predicted octanol–water partition coefficient (Wildman–Crippen LogP) is 2.54. The smallest absolute Gasteiger partial charge is 0.453 e. The summed E-state index contributed by atoms with van der Waals surface area (Å²) < 4.78 is 12.5. The van der Waals surface area contributed by atoms with Crippen LogP contribution in [0.1, 0.15) is 22.7 Å². The Hall–Kier alpha value is -1.80. The average Bonchev–Trinajstić information content (AvgIpc) is 3.05. The number of nitrogen functional groups attached to an aromatic ring is 1. The van der Waals surface area contributed by atoms with Crippen molar-refractivity contribution in [2.24, 2.45) is 0 Å². The van der Waals surface area contributed by atoms with Gasteiger partial charge in [-0.25, -0.2) is 9.59 Å². The quantitative estimate of drug-likeness (QED) is 0.233. The molecule has 0 fully saturated rings. The second-order valence-electron chi connectivity index (χ2n) is 6.86. The molecule has 2 heterocycles. The number of benzene rings is 2. The minimum absolute atomic E-state index is 0.0347. The van der Waals surface area contributed by atoms with Crippen LogP contribution in [-0.4, -0.2) is 34.5 Å². The van der Waals surface area contributed by atoms with Gasteiger partial charge >= 0.3 is 17.7 Å². The molecular weight excluding hydrogens is 606 g/mol. The van der Waals surface area contributed by atoms with E-state index in [1.807, 2.05) is 12.1 Å². The van der Waals surface area contributed by atoms with Crippen LogP contribution in [0.5, 0.6) is 11.5 Å². The molecule has 0 saturated heterocycles. The summed E-state index contributed by atoms with van der Waals surface area (Å²) in [6.45, 7) is 0.740.